The van der Waals surface area contributed by atoms with Gasteiger partial charge in [-0.15, -0.1) is 0 Å². The number of hydrogen-bond donors (Lipinski definition) is 2. The van der Waals surface area contributed by atoms with Crippen molar-refractivity contribution in [2.75, 3.05) is 20.3 Å². The highest BCUT2D eigenvalue weighted by molar-refractivity contribution is 5.99. The average Bonchev–Trinajstić information content (AvgIpc) is 3.40. The maximum absolute atomic E-state index is 13.3. The number of carbonyl (C=O) groups excluding carboxylic acids is 2. The summed E-state index contributed by atoms with van der Waals surface area (Å²) in [4.78, 5) is 26.5. The molecule has 1 aliphatic heterocycles. The summed E-state index contributed by atoms with van der Waals surface area (Å²) < 4.78 is 11.8. The minimum absolute atomic E-state index is 0.0722. The lowest BCUT2D eigenvalue weighted by atomic mass is 10.1. The van der Waals surface area contributed by atoms with Crippen LogP contribution in [0.4, 0.5) is 0 Å². The van der Waals surface area contributed by atoms with Crippen molar-refractivity contribution in [3.63, 3.8) is 0 Å². The summed E-state index contributed by atoms with van der Waals surface area (Å²) in [5.41, 5.74) is 3.11. The molecule has 0 spiro atoms. The van der Waals surface area contributed by atoms with Gasteiger partial charge in [0.25, 0.3) is 11.8 Å². The molecular formula is C26H26N2O5. The molecule has 0 saturated carbocycles. The van der Waals surface area contributed by atoms with Crippen molar-refractivity contribution >= 4 is 28.7 Å². The number of carbonyl (C=O) groups is 2. The van der Waals surface area contributed by atoms with Gasteiger partial charge in [0.1, 0.15) is 18.6 Å². The van der Waals surface area contributed by atoms with E-state index >= 15 is 0 Å². The number of nitrogens with one attached hydrogen (secondary N) is 1. The van der Waals surface area contributed by atoms with Crippen LogP contribution in [0.5, 0.6) is 5.75 Å². The van der Waals surface area contributed by atoms with Crippen LogP contribution in [0.1, 0.15) is 28.8 Å². The van der Waals surface area contributed by atoms with Crippen LogP contribution in [0.3, 0.4) is 0 Å². The number of rotatable bonds is 7. The van der Waals surface area contributed by atoms with Crippen molar-refractivity contribution in [2.24, 2.45) is 0 Å². The first-order valence-corrected chi connectivity index (χ1v) is 10.8. The molecule has 2 amide bonds. The smallest absolute Gasteiger partial charge is 0.274 e. The molecule has 7 heteroatoms. The zero-order valence-corrected chi connectivity index (χ0v) is 18.4. The van der Waals surface area contributed by atoms with E-state index in [0.29, 0.717) is 23.5 Å². The number of hydrogen-bond acceptors (Lipinski definition) is 5. The third kappa shape index (κ3) is 5.22. The van der Waals surface area contributed by atoms with E-state index < -0.39 is 5.91 Å². The maximum atomic E-state index is 13.3. The Kier molecular flexibility index (Phi) is 7.02. The summed E-state index contributed by atoms with van der Waals surface area (Å²) >= 11 is 0. The molecule has 170 valence electrons. The molecule has 4 rings (SSSR count). The van der Waals surface area contributed by atoms with Crippen molar-refractivity contribution in [3.8, 4) is 5.75 Å². The van der Waals surface area contributed by atoms with Crippen molar-refractivity contribution < 1.29 is 24.3 Å². The van der Waals surface area contributed by atoms with E-state index in [1.807, 2.05) is 42.5 Å². The first-order valence-electron chi connectivity index (χ1n) is 10.8. The van der Waals surface area contributed by atoms with Crippen LogP contribution in [0, 0.1) is 0 Å². The molecule has 1 saturated heterocycles. The molecule has 1 unspecified atom stereocenters. The molecule has 1 aliphatic rings. The van der Waals surface area contributed by atoms with Gasteiger partial charge in [-0.3, -0.25) is 14.8 Å². The highest BCUT2D eigenvalue weighted by Gasteiger charge is 2.26. The molecular weight excluding hydrogens is 420 g/mol. The van der Waals surface area contributed by atoms with Crippen molar-refractivity contribution in [1.82, 2.24) is 10.4 Å². The SMILES string of the molecule is CN(C(=O)/C(=C/c1ccc(C(=O)NO)cc1)COc1cccc2ccccc12)C1CCCO1. The molecule has 0 bridgehead atoms. The Hall–Kier alpha value is -3.68. The van der Waals surface area contributed by atoms with Crippen molar-refractivity contribution in [1.29, 1.82) is 0 Å². The third-order valence-corrected chi connectivity index (χ3v) is 5.68. The summed E-state index contributed by atoms with van der Waals surface area (Å²) in [6.07, 6.45) is 3.21. The van der Waals surface area contributed by atoms with Gasteiger partial charge in [0, 0.05) is 24.6 Å². The second-order valence-corrected chi connectivity index (χ2v) is 7.88. The van der Waals surface area contributed by atoms with Gasteiger partial charge in [0.2, 0.25) is 0 Å². The highest BCUT2D eigenvalue weighted by Crippen LogP contribution is 2.26. The normalized spacial score (nSPS) is 15.9. The standard InChI is InChI=1S/C26H26N2O5/c1-28(24-10-5-15-32-24)26(30)21(16-18-11-13-20(14-12-18)25(29)27-31)17-33-23-9-4-7-19-6-2-3-8-22(19)23/h2-4,6-9,11-14,16,24,31H,5,10,15,17H2,1H3,(H,27,29)/b21-16+. The predicted octanol–water partition coefficient (Wildman–Crippen LogP) is 4.02. The van der Waals surface area contributed by atoms with Crippen LogP contribution < -0.4 is 10.2 Å². The van der Waals surface area contributed by atoms with Gasteiger partial charge in [-0.25, -0.2) is 5.48 Å². The quantitative estimate of drug-likeness (QED) is 0.325. The number of hydroxylamine groups is 1. The molecule has 7 nitrogen and oxygen atoms in total. The summed E-state index contributed by atoms with van der Waals surface area (Å²) in [5, 5.41) is 10.8. The monoisotopic (exact) mass is 446 g/mol. The molecule has 3 aromatic carbocycles. The lowest BCUT2D eigenvalue weighted by Gasteiger charge is -2.25. The van der Waals surface area contributed by atoms with Crippen molar-refractivity contribution in [2.45, 2.75) is 19.1 Å². The van der Waals surface area contributed by atoms with Gasteiger partial charge in [-0.05, 0) is 48.1 Å². The average molecular weight is 447 g/mol. The summed E-state index contributed by atoms with van der Waals surface area (Å²) in [5.74, 6) is -0.0833. The second-order valence-electron chi connectivity index (χ2n) is 7.88. The molecule has 1 atom stereocenters. The number of ether oxygens (including phenoxy) is 2. The van der Waals surface area contributed by atoms with E-state index in [1.165, 1.54) is 0 Å². The zero-order valence-electron chi connectivity index (χ0n) is 18.4. The molecule has 1 heterocycles. The zero-order chi connectivity index (χ0) is 23.2. The third-order valence-electron chi connectivity index (χ3n) is 5.68. The first kappa shape index (κ1) is 22.5. The van der Waals surface area contributed by atoms with Gasteiger partial charge in [-0.2, -0.15) is 0 Å². The molecule has 3 aromatic rings. The topological polar surface area (TPSA) is 88.1 Å². The molecule has 1 fully saturated rings. The van der Waals surface area contributed by atoms with Crippen molar-refractivity contribution in [3.05, 3.63) is 83.4 Å². The first-order chi connectivity index (χ1) is 16.1. The minimum atomic E-state index is -0.598. The van der Waals surface area contributed by atoms with E-state index in [-0.39, 0.29) is 18.7 Å². The number of nitrogens with zero attached hydrogens (tertiary/aromatic N) is 1. The molecule has 0 aliphatic carbocycles. The number of amides is 2. The van der Waals surface area contributed by atoms with Gasteiger partial charge in [0.05, 0.1) is 5.57 Å². The number of fused-ring (bicyclic) bond motifs is 1. The Balaban J connectivity index is 1.61. The molecule has 33 heavy (non-hydrogen) atoms. The highest BCUT2D eigenvalue weighted by atomic mass is 16.5. The lowest BCUT2D eigenvalue weighted by Crippen LogP contribution is -2.38. The Morgan fingerprint density at radius 2 is 1.88 bits per heavy atom. The largest absolute Gasteiger partial charge is 0.488 e. The van der Waals surface area contributed by atoms with Crippen LogP contribution >= 0.6 is 0 Å². The van der Waals surface area contributed by atoms with Gasteiger partial charge >= 0.3 is 0 Å². The van der Waals surface area contributed by atoms with E-state index in [4.69, 9.17) is 14.7 Å². The van der Waals surface area contributed by atoms with Crippen LogP contribution in [0.15, 0.2) is 72.3 Å². The van der Waals surface area contributed by atoms with E-state index in [1.54, 1.807) is 47.8 Å². The second kappa shape index (κ2) is 10.3. The number of benzene rings is 3. The Labute approximate surface area is 192 Å². The van der Waals surface area contributed by atoms with Gasteiger partial charge < -0.3 is 14.4 Å². The molecule has 2 N–H and O–H groups in total. The van der Waals surface area contributed by atoms with E-state index in [0.717, 1.165) is 29.2 Å². The Morgan fingerprint density at radius 3 is 2.61 bits per heavy atom. The molecule has 0 radical (unpaired) electrons. The number of likely N-dealkylation sites (N-methyl/N-ethyl adjacent to an activating group) is 1. The fourth-order valence-electron chi connectivity index (χ4n) is 3.86. The van der Waals surface area contributed by atoms with Crippen LogP contribution in [-0.2, 0) is 9.53 Å². The van der Waals surface area contributed by atoms with Gasteiger partial charge in [-0.1, -0.05) is 48.5 Å². The Bertz CT molecular complexity index is 1160. The maximum Gasteiger partial charge on any atom is 0.274 e. The van der Waals surface area contributed by atoms with Gasteiger partial charge in [0.15, 0.2) is 0 Å². The summed E-state index contributed by atoms with van der Waals surface area (Å²) in [6.45, 7) is 0.713. The fraction of sp³-hybridized carbons (Fsp3) is 0.231. The van der Waals surface area contributed by atoms with E-state index in [2.05, 4.69) is 0 Å². The lowest BCUT2D eigenvalue weighted by molar-refractivity contribution is -0.135. The fourth-order valence-corrected chi connectivity index (χ4v) is 3.86. The van der Waals surface area contributed by atoms with Crippen LogP contribution in [-0.4, -0.2) is 48.4 Å². The molecule has 0 aromatic heterocycles. The minimum Gasteiger partial charge on any atom is -0.488 e. The van der Waals surface area contributed by atoms with Crippen LogP contribution in [0.25, 0.3) is 16.8 Å². The van der Waals surface area contributed by atoms with Crippen LogP contribution in [0.2, 0.25) is 0 Å². The Morgan fingerprint density at radius 1 is 1.12 bits per heavy atom. The summed E-state index contributed by atoms with van der Waals surface area (Å²) in [7, 11) is 1.73. The van der Waals surface area contributed by atoms with E-state index in [9.17, 15) is 9.59 Å². The predicted molar refractivity (Wildman–Crippen MR) is 125 cm³/mol. The summed E-state index contributed by atoms with van der Waals surface area (Å²) in [6, 6.07) is 20.3.